The number of benzene rings is 1. The fraction of sp³-hybridized carbons (Fsp3) is 0.267. The Morgan fingerprint density at radius 2 is 2.23 bits per heavy atom. The summed E-state index contributed by atoms with van der Waals surface area (Å²) in [5.74, 6) is 0.132. The first-order valence-electron chi connectivity index (χ1n) is 6.73. The van der Waals surface area contributed by atoms with E-state index in [1.807, 2.05) is 0 Å². The molecule has 2 aromatic rings. The van der Waals surface area contributed by atoms with Gasteiger partial charge in [-0.05, 0) is 25.1 Å². The fourth-order valence-electron chi connectivity index (χ4n) is 1.96. The molecule has 0 saturated heterocycles. The van der Waals surface area contributed by atoms with Gasteiger partial charge in [-0.1, -0.05) is 0 Å². The third kappa shape index (κ3) is 4.15. The molecule has 6 nitrogen and oxygen atoms in total. The van der Waals surface area contributed by atoms with Crippen LogP contribution >= 0.6 is 0 Å². The van der Waals surface area contributed by atoms with Gasteiger partial charge >= 0.3 is 6.03 Å². The molecule has 1 aromatic heterocycles. The number of ether oxygens (including phenoxy) is 1. The zero-order valence-electron chi connectivity index (χ0n) is 12.3. The molecule has 116 valence electrons. The Morgan fingerprint density at radius 3 is 2.91 bits per heavy atom. The summed E-state index contributed by atoms with van der Waals surface area (Å²) in [6, 6.07) is 3.38. The smallest absolute Gasteiger partial charge is 0.315 e. The van der Waals surface area contributed by atoms with Gasteiger partial charge < -0.3 is 15.4 Å². The SMILES string of the molecule is COc1ccc(F)cc1C(C)NC(=O)NCc1cnccn1. The van der Waals surface area contributed by atoms with Crippen LogP contribution in [0, 0.1) is 5.82 Å². The van der Waals surface area contributed by atoms with Gasteiger partial charge in [-0.3, -0.25) is 9.97 Å². The minimum atomic E-state index is -0.410. The van der Waals surface area contributed by atoms with E-state index in [2.05, 4.69) is 20.6 Å². The Labute approximate surface area is 127 Å². The summed E-state index contributed by atoms with van der Waals surface area (Å²) in [4.78, 5) is 19.8. The number of carbonyl (C=O) groups is 1. The normalized spacial score (nSPS) is 11.6. The molecule has 0 radical (unpaired) electrons. The zero-order valence-corrected chi connectivity index (χ0v) is 12.3. The van der Waals surface area contributed by atoms with Crippen molar-refractivity contribution in [1.82, 2.24) is 20.6 Å². The maximum absolute atomic E-state index is 13.4. The van der Waals surface area contributed by atoms with E-state index in [9.17, 15) is 9.18 Å². The molecule has 0 bridgehead atoms. The van der Waals surface area contributed by atoms with Crippen LogP contribution in [0.1, 0.15) is 24.2 Å². The Balaban J connectivity index is 1.95. The predicted octanol–water partition coefficient (Wildman–Crippen LogP) is 2.18. The molecule has 1 heterocycles. The third-order valence-electron chi connectivity index (χ3n) is 3.05. The van der Waals surface area contributed by atoms with Gasteiger partial charge in [-0.25, -0.2) is 9.18 Å². The third-order valence-corrected chi connectivity index (χ3v) is 3.05. The molecule has 1 unspecified atom stereocenters. The van der Waals surface area contributed by atoms with E-state index in [-0.39, 0.29) is 18.4 Å². The lowest BCUT2D eigenvalue weighted by Gasteiger charge is -2.17. The summed E-state index contributed by atoms with van der Waals surface area (Å²) in [6.45, 7) is 2.01. The van der Waals surface area contributed by atoms with Crippen molar-refractivity contribution in [2.24, 2.45) is 0 Å². The quantitative estimate of drug-likeness (QED) is 0.887. The first kappa shape index (κ1) is 15.7. The van der Waals surface area contributed by atoms with Crippen molar-refractivity contribution in [1.29, 1.82) is 0 Å². The topological polar surface area (TPSA) is 76.1 Å². The van der Waals surface area contributed by atoms with Crippen molar-refractivity contribution >= 4 is 6.03 Å². The van der Waals surface area contributed by atoms with E-state index in [1.54, 1.807) is 25.5 Å². The number of nitrogens with one attached hydrogen (secondary N) is 2. The number of rotatable bonds is 5. The second-order valence-corrected chi connectivity index (χ2v) is 4.63. The van der Waals surface area contributed by atoms with Crippen LogP contribution in [0.15, 0.2) is 36.8 Å². The highest BCUT2D eigenvalue weighted by Crippen LogP contribution is 2.25. The van der Waals surface area contributed by atoms with Gasteiger partial charge in [0.05, 0.1) is 31.6 Å². The van der Waals surface area contributed by atoms with Crippen LogP contribution in [0.2, 0.25) is 0 Å². The number of methoxy groups -OCH3 is 1. The van der Waals surface area contributed by atoms with Gasteiger partial charge in [0.15, 0.2) is 0 Å². The molecule has 2 rings (SSSR count). The van der Waals surface area contributed by atoms with E-state index >= 15 is 0 Å². The van der Waals surface area contributed by atoms with E-state index in [1.165, 1.54) is 25.3 Å². The molecule has 7 heteroatoms. The van der Waals surface area contributed by atoms with Crippen molar-refractivity contribution in [3.8, 4) is 5.75 Å². The van der Waals surface area contributed by atoms with Gasteiger partial charge in [-0.2, -0.15) is 0 Å². The highest BCUT2D eigenvalue weighted by Gasteiger charge is 2.15. The van der Waals surface area contributed by atoms with E-state index < -0.39 is 6.04 Å². The largest absolute Gasteiger partial charge is 0.496 e. The first-order valence-corrected chi connectivity index (χ1v) is 6.73. The number of nitrogens with zero attached hydrogens (tertiary/aromatic N) is 2. The van der Waals surface area contributed by atoms with Crippen molar-refractivity contribution in [3.05, 3.63) is 53.9 Å². The van der Waals surface area contributed by atoms with Gasteiger partial charge in [0.2, 0.25) is 0 Å². The van der Waals surface area contributed by atoms with Crippen molar-refractivity contribution < 1.29 is 13.9 Å². The van der Waals surface area contributed by atoms with Gasteiger partial charge in [-0.15, -0.1) is 0 Å². The Bertz CT molecular complexity index is 637. The average molecular weight is 304 g/mol. The lowest BCUT2D eigenvalue weighted by Crippen LogP contribution is -2.36. The van der Waals surface area contributed by atoms with Crippen LogP contribution in [0.5, 0.6) is 5.75 Å². The second kappa shape index (κ2) is 7.35. The Morgan fingerprint density at radius 1 is 1.41 bits per heavy atom. The molecule has 0 saturated carbocycles. The Hall–Kier alpha value is -2.70. The predicted molar refractivity (Wildman–Crippen MR) is 78.8 cm³/mol. The number of urea groups is 1. The molecule has 2 N–H and O–H groups in total. The molecule has 0 fully saturated rings. The minimum absolute atomic E-state index is 0.257. The molecule has 0 aliphatic rings. The highest BCUT2D eigenvalue weighted by atomic mass is 19.1. The number of carbonyl (C=O) groups excluding carboxylic acids is 1. The number of amides is 2. The molecule has 0 spiro atoms. The molecular weight excluding hydrogens is 287 g/mol. The Kier molecular flexibility index (Phi) is 5.24. The van der Waals surface area contributed by atoms with Crippen LogP contribution in [0.4, 0.5) is 9.18 Å². The summed E-state index contributed by atoms with van der Waals surface area (Å²) in [5.41, 5.74) is 1.21. The van der Waals surface area contributed by atoms with Gasteiger partial charge in [0.1, 0.15) is 11.6 Å². The molecule has 0 aliphatic heterocycles. The maximum atomic E-state index is 13.4. The van der Waals surface area contributed by atoms with E-state index in [0.29, 0.717) is 17.0 Å². The summed E-state index contributed by atoms with van der Waals surface area (Å²) < 4.78 is 18.5. The summed E-state index contributed by atoms with van der Waals surface area (Å²) in [5, 5.41) is 5.39. The van der Waals surface area contributed by atoms with Crippen LogP contribution in [-0.4, -0.2) is 23.1 Å². The summed E-state index contributed by atoms with van der Waals surface area (Å²) >= 11 is 0. The van der Waals surface area contributed by atoms with Crippen LogP contribution < -0.4 is 15.4 Å². The standard InChI is InChI=1S/C15H17FN4O2/c1-10(13-7-11(16)3-4-14(13)22-2)20-15(21)19-9-12-8-17-5-6-18-12/h3-8,10H,9H2,1-2H3,(H2,19,20,21). The first-order chi connectivity index (χ1) is 10.6. The lowest BCUT2D eigenvalue weighted by molar-refractivity contribution is 0.237. The number of hydrogen-bond acceptors (Lipinski definition) is 4. The molecule has 22 heavy (non-hydrogen) atoms. The number of aromatic nitrogens is 2. The molecule has 2 amide bonds. The minimum Gasteiger partial charge on any atom is -0.496 e. The molecule has 1 aromatic carbocycles. The average Bonchev–Trinajstić information content (AvgIpc) is 2.54. The number of hydrogen-bond donors (Lipinski definition) is 2. The number of halogens is 1. The van der Waals surface area contributed by atoms with Crippen molar-refractivity contribution in [3.63, 3.8) is 0 Å². The lowest BCUT2D eigenvalue weighted by atomic mass is 10.1. The fourth-order valence-corrected chi connectivity index (χ4v) is 1.96. The molecule has 0 aliphatic carbocycles. The maximum Gasteiger partial charge on any atom is 0.315 e. The monoisotopic (exact) mass is 304 g/mol. The van der Waals surface area contributed by atoms with Crippen LogP contribution in [-0.2, 0) is 6.54 Å². The van der Waals surface area contributed by atoms with E-state index in [0.717, 1.165) is 0 Å². The van der Waals surface area contributed by atoms with Gasteiger partial charge in [0, 0.05) is 18.0 Å². The van der Waals surface area contributed by atoms with Crippen LogP contribution in [0.3, 0.4) is 0 Å². The molecule has 1 atom stereocenters. The highest BCUT2D eigenvalue weighted by molar-refractivity contribution is 5.74. The summed E-state index contributed by atoms with van der Waals surface area (Å²) in [6.07, 6.45) is 4.68. The summed E-state index contributed by atoms with van der Waals surface area (Å²) in [7, 11) is 1.50. The van der Waals surface area contributed by atoms with Gasteiger partial charge in [0.25, 0.3) is 0 Å². The van der Waals surface area contributed by atoms with Crippen molar-refractivity contribution in [2.45, 2.75) is 19.5 Å². The van der Waals surface area contributed by atoms with Crippen LogP contribution in [0.25, 0.3) is 0 Å². The second-order valence-electron chi connectivity index (χ2n) is 4.63. The zero-order chi connectivity index (χ0) is 15.9. The van der Waals surface area contributed by atoms with E-state index in [4.69, 9.17) is 4.74 Å². The molecular formula is C15H17FN4O2. The van der Waals surface area contributed by atoms with Crippen molar-refractivity contribution in [2.75, 3.05) is 7.11 Å².